The van der Waals surface area contributed by atoms with Gasteiger partial charge in [0.1, 0.15) is 0 Å². The lowest BCUT2D eigenvalue weighted by molar-refractivity contribution is 0.0990. The van der Waals surface area contributed by atoms with Crippen LogP contribution >= 0.6 is 11.8 Å². The maximum absolute atomic E-state index is 11.9. The molecule has 1 aromatic carbocycles. The Morgan fingerprint density at radius 1 is 1.29 bits per heavy atom. The second-order valence-corrected chi connectivity index (χ2v) is 4.21. The molecular weight excluding hydrogens is 238 g/mol. The molecular formula is C12H17NO3S. The van der Waals surface area contributed by atoms with E-state index >= 15 is 0 Å². The highest BCUT2D eigenvalue weighted by Crippen LogP contribution is 2.34. The fraction of sp³-hybridized carbons (Fsp3) is 0.417. The highest BCUT2D eigenvalue weighted by Gasteiger charge is 2.15. The molecule has 94 valence electrons. The van der Waals surface area contributed by atoms with Gasteiger partial charge in [0.15, 0.2) is 17.3 Å². The zero-order valence-electron chi connectivity index (χ0n) is 10.5. The van der Waals surface area contributed by atoms with Gasteiger partial charge >= 0.3 is 0 Å². The molecule has 0 heterocycles. The fourth-order valence-corrected chi connectivity index (χ4v) is 2.12. The van der Waals surface area contributed by atoms with E-state index in [0.717, 1.165) is 4.90 Å². The highest BCUT2D eigenvalue weighted by molar-refractivity contribution is 7.98. The van der Waals surface area contributed by atoms with E-state index in [4.69, 9.17) is 9.47 Å². The van der Waals surface area contributed by atoms with E-state index in [-0.39, 0.29) is 5.78 Å². The summed E-state index contributed by atoms with van der Waals surface area (Å²) in [5.41, 5.74) is 0.657. The lowest BCUT2D eigenvalue weighted by atomic mass is 10.1. The Hall–Kier alpha value is -1.20. The molecule has 0 amide bonds. The molecule has 0 radical (unpaired) electrons. The summed E-state index contributed by atoms with van der Waals surface area (Å²) in [6, 6.07) is 3.55. The monoisotopic (exact) mass is 255 g/mol. The third kappa shape index (κ3) is 3.14. The second-order valence-electron chi connectivity index (χ2n) is 3.36. The van der Waals surface area contributed by atoms with Crippen LogP contribution in [0, 0.1) is 0 Å². The molecule has 1 N–H and O–H groups in total. The Morgan fingerprint density at radius 3 is 2.35 bits per heavy atom. The minimum atomic E-state index is 0.0396. The molecule has 1 rings (SSSR count). The Kier molecular flexibility index (Phi) is 5.31. The third-order valence-electron chi connectivity index (χ3n) is 2.34. The first-order valence-electron chi connectivity index (χ1n) is 5.15. The number of rotatable bonds is 6. The van der Waals surface area contributed by atoms with E-state index in [1.54, 1.807) is 27.3 Å². The minimum absolute atomic E-state index is 0.0396. The van der Waals surface area contributed by atoms with Crippen molar-refractivity contribution in [3.05, 3.63) is 17.7 Å². The van der Waals surface area contributed by atoms with Crippen LogP contribution in [-0.4, -0.2) is 39.9 Å². The summed E-state index contributed by atoms with van der Waals surface area (Å²) in [6.07, 6.45) is 1.93. The summed E-state index contributed by atoms with van der Waals surface area (Å²) < 4.78 is 10.4. The number of carbonyl (C=O) groups is 1. The summed E-state index contributed by atoms with van der Waals surface area (Å²) in [5, 5.41) is 2.85. The van der Waals surface area contributed by atoms with Crippen molar-refractivity contribution in [1.82, 2.24) is 5.32 Å². The topological polar surface area (TPSA) is 47.6 Å². The number of nitrogens with one attached hydrogen (secondary N) is 1. The SMILES string of the molecule is CNCC(=O)c1cc(OC)c(OC)cc1SC. The number of methoxy groups -OCH3 is 2. The molecule has 1 aromatic rings. The van der Waals surface area contributed by atoms with Gasteiger partial charge in [0.2, 0.25) is 0 Å². The molecule has 0 aliphatic rings. The smallest absolute Gasteiger partial charge is 0.177 e. The van der Waals surface area contributed by atoms with Crippen molar-refractivity contribution in [3.8, 4) is 11.5 Å². The van der Waals surface area contributed by atoms with Crippen LogP contribution in [0.3, 0.4) is 0 Å². The molecule has 0 aliphatic carbocycles. The first-order chi connectivity index (χ1) is 8.17. The Balaban J connectivity index is 3.23. The van der Waals surface area contributed by atoms with Crippen molar-refractivity contribution in [1.29, 1.82) is 0 Å². The van der Waals surface area contributed by atoms with Gasteiger partial charge in [0.05, 0.1) is 20.8 Å². The number of hydrogen-bond donors (Lipinski definition) is 1. The third-order valence-corrected chi connectivity index (χ3v) is 3.12. The Bertz CT molecular complexity index is 407. The van der Waals surface area contributed by atoms with Gasteiger partial charge < -0.3 is 14.8 Å². The molecule has 0 aromatic heterocycles. The minimum Gasteiger partial charge on any atom is -0.493 e. The standard InChI is InChI=1S/C12H17NO3S/c1-13-7-9(14)8-5-10(15-2)11(16-3)6-12(8)17-4/h5-6,13H,7H2,1-4H3. The number of ketones is 1. The van der Waals surface area contributed by atoms with Crippen molar-refractivity contribution < 1.29 is 14.3 Å². The van der Waals surface area contributed by atoms with Crippen LogP contribution in [0.25, 0.3) is 0 Å². The molecule has 0 fully saturated rings. The first kappa shape index (κ1) is 13.9. The van der Waals surface area contributed by atoms with Crippen LogP contribution in [0.15, 0.2) is 17.0 Å². The molecule has 5 heteroatoms. The summed E-state index contributed by atoms with van der Waals surface area (Å²) in [5.74, 6) is 1.25. The maximum atomic E-state index is 11.9. The first-order valence-corrected chi connectivity index (χ1v) is 6.38. The Morgan fingerprint density at radius 2 is 1.88 bits per heavy atom. The number of benzene rings is 1. The molecule has 0 bridgehead atoms. The van der Waals surface area contributed by atoms with Crippen molar-refractivity contribution in [3.63, 3.8) is 0 Å². The van der Waals surface area contributed by atoms with Gasteiger partial charge in [0.25, 0.3) is 0 Å². The molecule has 0 saturated heterocycles. The van der Waals surface area contributed by atoms with Gasteiger partial charge in [-0.15, -0.1) is 11.8 Å². The molecule has 0 atom stereocenters. The predicted molar refractivity (Wildman–Crippen MR) is 69.6 cm³/mol. The van der Waals surface area contributed by atoms with E-state index in [2.05, 4.69) is 5.32 Å². The lowest BCUT2D eigenvalue weighted by Gasteiger charge is -2.12. The summed E-state index contributed by atoms with van der Waals surface area (Å²) in [4.78, 5) is 12.8. The van der Waals surface area contributed by atoms with E-state index in [9.17, 15) is 4.79 Å². The van der Waals surface area contributed by atoms with Crippen LogP contribution < -0.4 is 14.8 Å². The van der Waals surface area contributed by atoms with E-state index in [0.29, 0.717) is 23.6 Å². The molecule has 0 aliphatic heterocycles. The molecule has 17 heavy (non-hydrogen) atoms. The van der Waals surface area contributed by atoms with E-state index in [1.165, 1.54) is 11.8 Å². The van der Waals surface area contributed by atoms with Gasteiger partial charge in [-0.05, 0) is 25.4 Å². The lowest BCUT2D eigenvalue weighted by Crippen LogP contribution is -2.19. The van der Waals surface area contributed by atoms with Crippen LogP contribution in [0.2, 0.25) is 0 Å². The molecule has 4 nitrogen and oxygen atoms in total. The number of hydrogen-bond acceptors (Lipinski definition) is 5. The quantitative estimate of drug-likeness (QED) is 0.620. The van der Waals surface area contributed by atoms with E-state index in [1.807, 2.05) is 12.3 Å². The fourth-order valence-electron chi connectivity index (χ4n) is 1.50. The maximum Gasteiger partial charge on any atom is 0.177 e. The molecule has 0 unspecified atom stereocenters. The van der Waals surface area contributed by atoms with Crippen molar-refractivity contribution in [2.45, 2.75) is 4.90 Å². The number of ether oxygens (including phenoxy) is 2. The van der Waals surface area contributed by atoms with Crippen molar-refractivity contribution in [2.24, 2.45) is 0 Å². The van der Waals surface area contributed by atoms with Gasteiger partial charge in [0, 0.05) is 10.5 Å². The van der Waals surface area contributed by atoms with Gasteiger partial charge in [-0.3, -0.25) is 4.79 Å². The van der Waals surface area contributed by atoms with Crippen molar-refractivity contribution in [2.75, 3.05) is 34.1 Å². The summed E-state index contributed by atoms with van der Waals surface area (Å²) in [7, 11) is 4.89. The number of thioether (sulfide) groups is 1. The average molecular weight is 255 g/mol. The van der Waals surface area contributed by atoms with Crippen LogP contribution in [0.5, 0.6) is 11.5 Å². The average Bonchev–Trinajstić information content (AvgIpc) is 2.37. The normalized spacial score (nSPS) is 10.1. The Labute approximate surface area is 106 Å². The molecule has 0 spiro atoms. The zero-order chi connectivity index (χ0) is 12.8. The highest BCUT2D eigenvalue weighted by atomic mass is 32.2. The van der Waals surface area contributed by atoms with Crippen LogP contribution in [-0.2, 0) is 0 Å². The predicted octanol–water partition coefficient (Wildman–Crippen LogP) is 1.83. The number of likely N-dealkylation sites (N-methyl/N-ethyl adjacent to an activating group) is 1. The summed E-state index contributed by atoms with van der Waals surface area (Å²) >= 11 is 1.51. The van der Waals surface area contributed by atoms with Gasteiger partial charge in [-0.1, -0.05) is 0 Å². The zero-order valence-corrected chi connectivity index (χ0v) is 11.3. The summed E-state index contributed by atoms with van der Waals surface area (Å²) in [6.45, 7) is 0.309. The van der Waals surface area contributed by atoms with Crippen LogP contribution in [0.4, 0.5) is 0 Å². The van der Waals surface area contributed by atoms with E-state index < -0.39 is 0 Å². The van der Waals surface area contributed by atoms with Gasteiger partial charge in [-0.25, -0.2) is 0 Å². The second kappa shape index (κ2) is 6.51. The molecule has 0 saturated carbocycles. The largest absolute Gasteiger partial charge is 0.493 e. The van der Waals surface area contributed by atoms with Crippen LogP contribution in [0.1, 0.15) is 10.4 Å². The van der Waals surface area contributed by atoms with Gasteiger partial charge in [-0.2, -0.15) is 0 Å². The number of carbonyl (C=O) groups excluding carboxylic acids is 1. The van der Waals surface area contributed by atoms with Crippen molar-refractivity contribution >= 4 is 17.5 Å². The number of Topliss-reactive ketones (excluding diaryl/α,β-unsaturated/α-hetero) is 1.